The van der Waals surface area contributed by atoms with Crippen molar-refractivity contribution >= 4 is 17.3 Å². The van der Waals surface area contributed by atoms with E-state index in [1.807, 2.05) is 0 Å². The lowest BCUT2D eigenvalue weighted by atomic mass is 10.2. The Balaban J connectivity index is 2.15. The molecule has 6 heteroatoms. The maximum Gasteiger partial charge on any atom is 0.387 e. The number of ether oxygens (including phenoxy) is 2. The lowest BCUT2D eigenvalue weighted by Crippen LogP contribution is -2.07. The first kappa shape index (κ1) is 15.4. The van der Waals surface area contributed by atoms with Gasteiger partial charge in [0.2, 0.25) is 0 Å². The van der Waals surface area contributed by atoms with E-state index >= 15 is 0 Å². The van der Waals surface area contributed by atoms with Crippen molar-refractivity contribution in [3.8, 4) is 11.5 Å². The third-order valence-electron chi connectivity index (χ3n) is 2.81. The summed E-state index contributed by atoms with van der Waals surface area (Å²) in [6.45, 7) is -2.50. The van der Waals surface area contributed by atoms with E-state index in [0.717, 1.165) is 5.56 Å². The van der Waals surface area contributed by atoms with Crippen molar-refractivity contribution < 1.29 is 18.3 Å². The maximum atomic E-state index is 12.3. The first-order valence-corrected chi connectivity index (χ1v) is 6.58. The minimum absolute atomic E-state index is 0.0912. The summed E-state index contributed by atoms with van der Waals surface area (Å²) in [5, 5.41) is 3.61. The van der Waals surface area contributed by atoms with Crippen LogP contribution in [-0.4, -0.2) is 13.7 Å². The van der Waals surface area contributed by atoms with Gasteiger partial charge in [0.15, 0.2) is 0 Å². The highest BCUT2D eigenvalue weighted by molar-refractivity contribution is 6.30. The minimum atomic E-state index is -2.87. The van der Waals surface area contributed by atoms with Gasteiger partial charge in [0.05, 0.1) is 12.8 Å². The Bertz CT molecular complexity index is 608. The molecule has 0 aliphatic heterocycles. The Morgan fingerprint density at radius 2 is 1.90 bits per heavy atom. The SMILES string of the molecule is COc1ccc(Cl)cc1CNc1ccccc1OC(F)F. The molecule has 0 aliphatic carbocycles. The van der Waals surface area contributed by atoms with Gasteiger partial charge in [-0.3, -0.25) is 0 Å². The zero-order valence-corrected chi connectivity index (χ0v) is 12.0. The number of benzene rings is 2. The molecular formula is C15H14ClF2NO2. The highest BCUT2D eigenvalue weighted by Gasteiger charge is 2.10. The molecule has 2 aromatic carbocycles. The summed E-state index contributed by atoms with van der Waals surface area (Å²) in [7, 11) is 1.56. The number of rotatable bonds is 6. The van der Waals surface area contributed by atoms with Gasteiger partial charge >= 0.3 is 6.61 Å². The van der Waals surface area contributed by atoms with Gasteiger partial charge in [0, 0.05) is 17.1 Å². The van der Waals surface area contributed by atoms with Gasteiger partial charge in [-0.1, -0.05) is 23.7 Å². The number of hydrogen-bond donors (Lipinski definition) is 1. The molecule has 1 N–H and O–H groups in total. The van der Waals surface area contributed by atoms with Crippen LogP contribution in [0.5, 0.6) is 11.5 Å². The van der Waals surface area contributed by atoms with E-state index in [-0.39, 0.29) is 5.75 Å². The van der Waals surface area contributed by atoms with Crippen LogP contribution in [0.4, 0.5) is 14.5 Å². The van der Waals surface area contributed by atoms with Gasteiger partial charge in [-0.2, -0.15) is 8.78 Å². The minimum Gasteiger partial charge on any atom is -0.496 e. The Morgan fingerprint density at radius 1 is 1.14 bits per heavy atom. The van der Waals surface area contributed by atoms with Crippen LogP contribution in [0.15, 0.2) is 42.5 Å². The molecule has 0 atom stereocenters. The molecule has 112 valence electrons. The summed E-state index contributed by atoms with van der Waals surface area (Å²) in [5.41, 5.74) is 1.29. The van der Waals surface area contributed by atoms with E-state index in [9.17, 15) is 8.78 Å². The number of nitrogens with one attached hydrogen (secondary N) is 1. The summed E-state index contributed by atoms with van der Waals surface area (Å²) in [6, 6.07) is 11.7. The van der Waals surface area contributed by atoms with Crippen LogP contribution in [0.2, 0.25) is 5.02 Å². The molecule has 0 heterocycles. The normalized spacial score (nSPS) is 10.5. The van der Waals surface area contributed by atoms with Crippen molar-refractivity contribution in [2.75, 3.05) is 12.4 Å². The summed E-state index contributed by atoms with van der Waals surface area (Å²) in [6.07, 6.45) is 0. The third kappa shape index (κ3) is 4.23. The van der Waals surface area contributed by atoms with Gasteiger partial charge in [0.25, 0.3) is 0 Å². The summed E-state index contributed by atoms with van der Waals surface area (Å²) in [4.78, 5) is 0. The van der Waals surface area contributed by atoms with Crippen LogP contribution in [0.25, 0.3) is 0 Å². The molecule has 3 nitrogen and oxygen atoms in total. The second-order valence-corrected chi connectivity index (χ2v) is 4.62. The molecule has 0 fully saturated rings. The molecule has 0 aromatic heterocycles. The van der Waals surface area contributed by atoms with E-state index < -0.39 is 6.61 Å². The number of methoxy groups -OCH3 is 1. The number of alkyl halides is 2. The smallest absolute Gasteiger partial charge is 0.387 e. The Hall–Kier alpha value is -2.01. The monoisotopic (exact) mass is 313 g/mol. The molecular weight excluding hydrogens is 300 g/mol. The van der Waals surface area contributed by atoms with Gasteiger partial charge in [0.1, 0.15) is 11.5 Å². The third-order valence-corrected chi connectivity index (χ3v) is 3.05. The van der Waals surface area contributed by atoms with Crippen molar-refractivity contribution in [2.45, 2.75) is 13.2 Å². The predicted octanol–water partition coefficient (Wildman–Crippen LogP) is 4.56. The molecule has 0 aliphatic rings. The number of para-hydroxylation sites is 2. The zero-order valence-electron chi connectivity index (χ0n) is 11.3. The Morgan fingerprint density at radius 3 is 2.62 bits per heavy atom. The highest BCUT2D eigenvalue weighted by Crippen LogP contribution is 2.28. The average Bonchev–Trinajstić information content (AvgIpc) is 2.46. The molecule has 2 rings (SSSR count). The summed E-state index contributed by atoms with van der Waals surface area (Å²) < 4.78 is 34.4. The fourth-order valence-electron chi connectivity index (χ4n) is 1.89. The first-order valence-electron chi connectivity index (χ1n) is 6.20. The number of halogens is 3. The molecule has 0 saturated heterocycles. The molecule has 0 saturated carbocycles. The van der Waals surface area contributed by atoms with Crippen molar-refractivity contribution in [1.82, 2.24) is 0 Å². The second-order valence-electron chi connectivity index (χ2n) is 4.18. The van der Waals surface area contributed by atoms with Crippen molar-refractivity contribution in [1.29, 1.82) is 0 Å². The van der Waals surface area contributed by atoms with Crippen molar-refractivity contribution in [3.05, 3.63) is 53.1 Å². The number of anilines is 1. The second kappa shape index (κ2) is 7.13. The van der Waals surface area contributed by atoms with Crippen LogP contribution in [0.3, 0.4) is 0 Å². The maximum absolute atomic E-state index is 12.3. The lowest BCUT2D eigenvalue weighted by molar-refractivity contribution is -0.0493. The van der Waals surface area contributed by atoms with Crippen LogP contribution in [0, 0.1) is 0 Å². The van der Waals surface area contributed by atoms with Gasteiger partial charge in [-0.05, 0) is 30.3 Å². The molecule has 0 bridgehead atoms. The quantitative estimate of drug-likeness (QED) is 0.848. The fourth-order valence-corrected chi connectivity index (χ4v) is 2.08. The van der Waals surface area contributed by atoms with Gasteiger partial charge in [-0.15, -0.1) is 0 Å². The molecule has 0 radical (unpaired) electrons. The van der Waals surface area contributed by atoms with Crippen LogP contribution in [0.1, 0.15) is 5.56 Å². The van der Waals surface area contributed by atoms with E-state index in [2.05, 4.69) is 10.1 Å². The predicted molar refractivity (Wildman–Crippen MR) is 78.4 cm³/mol. The topological polar surface area (TPSA) is 30.5 Å². The van der Waals surface area contributed by atoms with E-state index in [1.165, 1.54) is 6.07 Å². The van der Waals surface area contributed by atoms with Crippen LogP contribution < -0.4 is 14.8 Å². The summed E-state index contributed by atoms with van der Waals surface area (Å²) in [5.74, 6) is 0.757. The Labute approximate surface area is 126 Å². The molecule has 0 unspecified atom stereocenters. The van der Waals surface area contributed by atoms with Gasteiger partial charge in [-0.25, -0.2) is 0 Å². The fraction of sp³-hybridized carbons (Fsp3) is 0.200. The Kier molecular flexibility index (Phi) is 5.22. The van der Waals surface area contributed by atoms with Crippen molar-refractivity contribution in [3.63, 3.8) is 0 Å². The molecule has 2 aromatic rings. The summed E-state index contributed by atoms with van der Waals surface area (Å²) >= 11 is 5.95. The largest absolute Gasteiger partial charge is 0.496 e. The molecule has 0 spiro atoms. The van der Waals surface area contributed by atoms with E-state index in [4.69, 9.17) is 16.3 Å². The number of hydrogen-bond acceptors (Lipinski definition) is 3. The molecule has 0 amide bonds. The lowest BCUT2D eigenvalue weighted by Gasteiger charge is -2.14. The standard InChI is InChI=1S/C15H14ClF2NO2/c1-20-13-7-6-11(16)8-10(13)9-19-12-4-2-3-5-14(12)21-15(17)18/h2-8,15,19H,9H2,1H3. The average molecular weight is 314 g/mol. The van der Waals surface area contributed by atoms with E-state index in [1.54, 1.807) is 43.5 Å². The highest BCUT2D eigenvalue weighted by atomic mass is 35.5. The first-order chi connectivity index (χ1) is 10.1. The zero-order chi connectivity index (χ0) is 15.2. The van der Waals surface area contributed by atoms with Crippen LogP contribution >= 0.6 is 11.6 Å². The van der Waals surface area contributed by atoms with Crippen molar-refractivity contribution in [2.24, 2.45) is 0 Å². The van der Waals surface area contributed by atoms with E-state index in [0.29, 0.717) is 23.0 Å². The van der Waals surface area contributed by atoms with Gasteiger partial charge < -0.3 is 14.8 Å². The van der Waals surface area contributed by atoms with Crippen LogP contribution in [-0.2, 0) is 6.54 Å². The molecule has 21 heavy (non-hydrogen) atoms.